The molecule has 0 saturated carbocycles. The molecular formula is C3H3ClO2S. The minimum Gasteiger partial charge on any atom is -0.480 e. The molecule has 0 radical (unpaired) electrons. The van der Waals surface area contributed by atoms with Gasteiger partial charge in [0.1, 0.15) is 0 Å². The van der Waals surface area contributed by atoms with Gasteiger partial charge in [0.25, 0.3) is 0 Å². The average Bonchev–Trinajstić information content (AvgIpc) is 1.65. The van der Waals surface area contributed by atoms with Gasteiger partial charge in [-0.3, -0.25) is 4.79 Å². The van der Waals surface area contributed by atoms with Crippen molar-refractivity contribution in [2.45, 2.75) is 5.38 Å². The second kappa shape index (κ2) is 2.93. The van der Waals surface area contributed by atoms with Gasteiger partial charge in [-0.05, 0) is 0 Å². The van der Waals surface area contributed by atoms with Gasteiger partial charge in [0.05, 0.1) is 0 Å². The molecule has 0 spiro atoms. The fourth-order valence-electron chi connectivity index (χ4n) is 0.0582. The maximum atomic E-state index is 9.70. The molecule has 0 aromatic carbocycles. The highest BCUT2D eigenvalue weighted by Gasteiger charge is 2.06. The van der Waals surface area contributed by atoms with Crippen molar-refractivity contribution in [2.24, 2.45) is 0 Å². The number of carbonyl (C=O) groups is 1. The van der Waals surface area contributed by atoms with Crippen LogP contribution < -0.4 is 0 Å². The Morgan fingerprint density at radius 3 is 2.43 bits per heavy atom. The second-order valence-corrected chi connectivity index (χ2v) is 1.62. The molecule has 0 saturated heterocycles. The van der Waals surface area contributed by atoms with Crippen LogP contribution in [0.25, 0.3) is 0 Å². The minimum atomic E-state index is -1.10. The summed E-state index contributed by atoms with van der Waals surface area (Å²) in [4.78, 5) is 9.70. The van der Waals surface area contributed by atoms with Gasteiger partial charge in [-0.1, -0.05) is 12.2 Å². The first-order chi connectivity index (χ1) is 3.18. The molecule has 1 atom stereocenters. The van der Waals surface area contributed by atoms with Gasteiger partial charge in [-0.15, -0.1) is 11.6 Å². The molecule has 4 heteroatoms. The monoisotopic (exact) mass is 138 g/mol. The summed E-state index contributed by atoms with van der Waals surface area (Å²) >= 11 is 9.25. The van der Waals surface area contributed by atoms with Gasteiger partial charge >= 0.3 is 5.97 Å². The minimum absolute atomic E-state index is 0.990. The quantitative estimate of drug-likeness (QED) is 0.451. The summed E-state index contributed by atoms with van der Waals surface area (Å²) in [6, 6.07) is 0. The van der Waals surface area contributed by atoms with Gasteiger partial charge in [0, 0.05) is 5.37 Å². The van der Waals surface area contributed by atoms with E-state index < -0.39 is 11.3 Å². The maximum Gasteiger partial charge on any atom is 0.326 e. The van der Waals surface area contributed by atoms with Crippen LogP contribution in [0.1, 0.15) is 0 Å². The van der Waals surface area contributed by atoms with Crippen LogP contribution in [0.5, 0.6) is 0 Å². The van der Waals surface area contributed by atoms with Crippen molar-refractivity contribution in [3.8, 4) is 0 Å². The van der Waals surface area contributed by atoms with Crippen LogP contribution in [0, 0.1) is 0 Å². The lowest BCUT2D eigenvalue weighted by Gasteiger charge is -1.88. The zero-order valence-corrected chi connectivity index (χ0v) is 4.87. The average molecular weight is 139 g/mol. The fourth-order valence-corrected chi connectivity index (χ4v) is 0.175. The number of rotatable bonds is 2. The van der Waals surface area contributed by atoms with Gasteiger partial charge in [-0.25, -0.2) is 0 Å². The highest BCUT2D eigenvalue weighted by atomic mass is 35.5. The molecule has 0 fully saturated rings. The molecule has 40 valence electrons. The zero-order valence-electron chi connectivity index (χ0n) is 3.30. The Morgan fingerprint density at radius 2 is 2.43 bits per heavy atom. The molecule has 0 aromatic heterocycles. The molecule has 0 rings (SSSR count). The molecule has 7 heavy (non-hydrogen) atoms. The van der Waals surface area contributed by atoms with Crippen molar-refractivity contribution in [3.05, 3.63) is 0 Å². The molecule has 0 bridgehead atoms. The Hall–Kier alpha value is -0.150. The van der Waals surface area contributed by atoms with Crippen molar-refractivity contribution in [1.29, 1.82) is 0 Å². The Morgan fingerprint density at radius 1 is 2.00 bits per heavy atom. The van der Waals surface area contributed by atoms with Gasteiger partial charge < -0.3 is 5.11 Å². The smallest absolute Gasteiger partial charge is 0.326 e. The topological polar surface area (TPSA) is 37.3 Å². The van der Waals surface area contributed by atoms with Crippen molar-refractivity contribution in [3.63, 3.8) is 0 Å². The largest absolute Gasteiger partial charge is 0.480 e. The summed E-state index contributed by atoms with van der Waals surface area (Å²) in [5.41, 5.74) is 0. The SMILES string of the molecule is O=C(O)C(Cl)C=S. The number of hydrogen-bond acceptors (Lipinski definition) is 2. The Labute approximate surface area is 51.1 Å². The molecule has 2 nitrogen and oxygen atoms in total. The van der Waals surface area contributed by atoms with Crippen LogP contribution in [0.3, 0.4) is 0 Å². The van der Waals surface area contributed by atoms with E-state index in [1.54, 1.807) is 0 Å². The summed E-state index contributed by atoms with van der Waals surface area (Å²) in [7, 11) is 0. The fraction of sp³-hybridized carbons (Fsp3) is 0.333. The lowest BCUT2D eigenvalue weighted by atomic mass is 10.5. The molecule has 1 N–H and O–H groups in total. The van der Waals surface area contributed by atoms with E-state index in [-0.39, 0.29) is 0 Å². The van der Waals surface area contributed by atoms with E-state index in [1.165, 1.54) is 0 Å². The number of halogens is 1. The summed E-state index contributed by atoms with van der Waals surface area (Å²) in [6.07, 6.45) is 0. The standard InChI is InChI=1S/C3H3ClO2S/c4-2(1-7)3(5)6/h1-2H,(H,5,6). The summed E-state index contributed by atoms with van der Waals surface area (Å²) in [6.45, 7) is 0. The number of carboxylic acids is 1. The van der Waals surface area contributed by atoms with Crippen molar-refractivity contribution >= 4 is 35.2 Å². The lowest BCUT2D eigenvalue weighted by molar-refractivity contribution is -0.135. The van der Waals surface area contributed by atoms with Gasteiger partial charge in [0.2, 0.25) is 0 Å². The van der Waals surface area contributed by atoms with Gasteiger partial charge in [0.15, 0.2) is 5.38 Å². The third kappa shape index (κ3) is 2.53. The van der Waals surface area contributed by atoms with Crippen molar-refractivity contribution < 1.29 is 9.90 Å². The zero-order chi connectivity index (χ0) is 5.86. The van der Waals surface area contributed by atoms with Gasteiger partial charge in [-0.2, -0.15) is 0 Å². The highest BCUT2D eigenvalue weighted by Crippen LogP contribution is 1.89. The molecule has 0 aliphatic carbocycles. The van der Waals surface area contributed by atoms with Crippen LogP contribution in [0.4, 0.5) is 0 Å². The van der Waals surface area contributed by atoms with E-state index in [9.17, 15) is 4.79 Å². The third-order valence-electron chi connectivity index (χ3n) is 0.355. The van der Waals surface area contributed by atoms with E-state index in [1.807, 2.05) is 0 Å². The molecule has 0 aliphatic rings. The number of alkyl halides is 1. The predicted molar refractivity (Wildman–Crippen MR) is 30.9 cm³/mol. The Balaban J connectivity index is 3.55. The Kier molecular flexibility index (Phi) is 2.87. The highest BCUT2D eigenvalue weighted by molar-refractivity contribution is 7.79. The van der Waals surface area contributed by atoms with E-state index in [4.69, 9.17) is 16.7 Å². The number of thiocarbonyl (C=S) groups is 1. The predicted octanol–water partition coefficient (Wildman–Crippen LogP) is 0.678. The molecule has 1 unspecified atom stereocenters. The second-order valence-electron chi connectivity index (χ2n) is 0.876. The van der Waals surface area contributed by atoms with Crippen molar-refractivity contribution in [2.75, 3.05) is 0 Å². The van der Waals surface area contributed by atoms with E-state index >= 15 is 0 Å². The molecule has 0 aromatic rings. The van der Waals surface area contributed by atoms with Crippen LogP contribution >= 0.6 is 23.8 Å². The van der Waals surface area contributed by atoms with E-state index in [0.717, 1.165) is 5.37 Å². The van der Waals surface area contributed by atoms with E-state index in [0.29, 0.717) is 0 Å². The first-order valence-electron chi connectivity index (χ1n) is 1.50. The summed E-state index contributed by atoms with van der Waals surface area (Å²) in [5.74, 6) is -1.10. The Bertz CT molecular complexity index is 92.9. The van der Waals surface area contributed by atoms with Crippen LogP contribution in [0.15, 0.2) is 0 Å². The third-order valence-corrected chi connectivity index (χ3v) is 1.09. The number of hydrogen-bond donors (Lipinski definition) is 1. The lowest BCUT2D eigenvalue weighted by Crippen LogP contribution is -2.12. The van der Waals surface area contributed by atoms with E-state index in [2.05, 4.69) is 12.2 Å². The normalized spacial score (nSPS) is 12.7. The number of carboxylic acid groups (broad SMARTS) is 1. The number of aliphatic carboxylic acids is 1. The molecule has 0 heterocycles. The first-order valence-corrected chi connectivity index (χ1v) is 2.41. The maximum absolute atomic E-state index is 9.70. The molecule has 0 amide bonds. The van der Waals surface area contributed by atoms with Crippen molar-refractivity contribution in [1.82, 2.24) is 0 Å². The first kappa shape index (κ1) is 6.85. The van der Waals surface area contributed by atoms with Crippen LogP contribution in [-0.2, 0) is 4.79 Å². The van der Waals surface area contributed by atoms with Crippen LogP contribution in [0.2, 0.25) is 0 Å². The summed E-state index contributed by atoms with van der Waals surface area (Å²) in [5, 5.41) is 7.92. The van der Waals surface area contributed by atoms with Crippen LogP contribution in [-0.4, -0.2) is 21.8 Å². The molecule has 0 aliphatic heterocycles. The molecular weight excluding hydrogens is 136 g/mol. The summed E-state index contributed by atoms with van der Waals surface area (Å²) < 4.78 is 0.